The van der Waals surface area contributed by atoms with Crippen molar-refractivity contribution in [3.8, 4) is 11.4 Å². The van der Waals surface area contributed by atoms with Crippen molar-refractivity contribution in [2.45, 2.75) is 19.4 Å². The molecule has 0 radical (unpaired) electrons. The number of ether oxygens (including phenoxy) is 1. The Morgan fingerprint density at radius 2 is 1.92 bits per heavy atom. The van der Waals surface area contributed by atoms with E-state index in [1.165, 1.54) is 0 Å². The third kappa shape index (κ3) is 2.65. The van der Waals surface area contributed by atoms with Crippen LogP contribution >= 0.6 is 0 Å². The number of nitrogens with one attached hydrogen (secondary N) is 1. The summed E-state index contributed by atoms with van der Waals surface area (Å²) in [5.41, 5.74) is 3.48. The molecular formula is C19H17N3O2. The first-order valence-electron chi connectivity index (χ1n) is 7.88. The highest BCUT2D eigenvalue weighted by molar-refractivity contribution is 5.95. The quantitative estimate of drug-likeness (QED) is 0.807. The number of para-hydroxylation sites is 2. The van der Waals surface area contributed by atoms with Crippen LogP contribution in [0.25, 0.3) is 5.69 Å². The largest absolute Gasteiger partial charge is 0.480 e. The Kier molecular flexibility index (Phi) is 3.54. The van der Waals surface area contributed by atoms with Gasteiger partial charge in [0.15, 0.2) is 6.10 Å². The fourth-order valence-corrected chi connectivity index (χ4v) is 2.84. The molecule has 1 aliphatic heterocycles. The van der Waals surface area contributed by atoms with E-state index in [4.69, 9.17) is 4.74 Å². The van der Waals surface area contributed by atoms with Gasteiger partial charge in [0.05, 0.1) is 23.3 Å². The van der Waals surface area contributed by atoms with E-state index < -0.39 is 6.10 Å². The third-order valence-corrected chi connectivity index (χ3v) is 4.12. The predicted molar refractivity (Wildman–Crippen MR) is 91.5 cm³/mol. The molecule has 1 aromatic heterocycles. The van der Waals surface area contributed by atoms with Gasteiger partial charge >= 0.3 is 0 Å². The van der Waals surface area contributed by atoms with Crippen LogP contribution in [0.3, 0.4) is 0 Å². The summed E-state index contributed by atoms with van der Waals surface area (Å²) in [7, 11) is 0. The maximum Gasteiger partial charge on any atom is 0.265 e. The first-order valence-corrected chi connectivity index (χ1v) is 7.88. The van der Waals surface area contributed by atoms with Gasteiger partial charge in [-0.15, -0.1) is 0 Å². The Morgan fingerprint density at radius 3 is 2.71 bits per heavy atom. The van der Waals surface area contributed by atoms with Crippen LogP contribution in [0.1, 0.15) is 11.3 Å². The van der Waals surface area contributed by atoms with E-state index in [1.54, 1.807) is 4.68 Å². The topological polar surface area (TPSA) is 56.2 Å². The van der Waals surface area contributed by atoms with Crippen molar-refractivity contribution in [1.29, 1.82) is 0 Å². The minimum Gasteiger partial charge on any atom is -0.480 e. The van der Waals surface area contributed by atoms with E-state index in [-0.39, 0.29) is 5.91 Å². The standard InChI is InChI=1S/C19H17N3O2/c1-13-16(12-22(21-13)15-8-3-2-4-9-15)20-19(23)18-11-14-7-5-6-10-17(14)24-18/h2-10,12,18H,11H2,1H3,(H,20,23)/t18-/m1/s1. The fraction of sp³-hybridized carbons (Fsp3) is 0.158. The highest BCUT2D eigenvalue weighted by atomic mass is 16.5. The molecule has 1 amide bonds. The first kappa shape index (κ1) is 14.5. The number of nitrogens with zero attached hydrogens (tertiary/aromatic N) is 2. The zero-order valence-electron chi connectivity index (χ0n) is 13.3. The van der Waals surface area contributed by atoms with Gasteiger partial charge in [-0.3, -0.25) is 4.79 Å². The zero-order chi connectivity index (χ0) is 16.5. The molecule has 0 saturated carbocycles. The lowest BCUT2D eigenvalue weighted by molar-refractivity contribution is -0.122. The van der Waals surface area contributed by atoms with Gasteiger partial charge in [-0.1, -0.05) is 36.4 Å². The number of rotatable bonds is 3. The third-order valence-electron chi connectivity index (χ3n) is 4.12. The van der Waals surface area contributed by atoms with Crippen molar-refractivity contribution in [1.82, 2.24) is 9.78 Å². The minimum absolute atomic E-state index is 0.151. The summed E-state index contributed by atoms with van der Waals surface area (Å²) in [5, 5.41) is 7.39. The van der Waals surface area contributed by atoms with Gasteiger partial charge in [-0.25, -0.2) is 4.68 Å². The summed E-state index contributed by atoms with van der Waals surface area (Å²) >= 11 is 0. The molecule has 1 aliphatic rings. The van der Waals surface area contributed by atoms with Crippen LogP contribution in [-0.2, 0) is 11.2 Å². The molecule has 5 nitrogen and oxygen atoms in total. The summed E-state index contributed by atoms with van der Waals surface area (Å²) in [4.78, 5) is 12.5. The van der Waals surface area contributed by atoms with Crippen LogP contribution in [0, 0.1) is 6.92 Å². The summed E-state index contributed by atoms with van der Waals surface area (Å²) in [6, 6.07) is 17.5. The molecular weight excluding hydrogens is 302 g/mol. The second-order valence-electron chi connectivity index (χ2n) is 5.82. The Balaban J connectivity index is 1.50. The Morgan fingerprint density at radius 1 is 1.17 bits per heavy atom. The van der Waals surface area contributed by atoms with Crippen molar-refractivity contribution >= 4 is 11.6 Å². The molecule has 0 aliphatic carbocycles. The van der Waals surface area contributed by atoms with Crippen molar-refractivity contribution in [3.05, 3.63) is 72.1 Å². The highest BCUT2D eigenvalue weighted by Crippen LogP contribution is 2.29. The normalized spacial score (nSPS) is 15.6. The van der Waals surface area contributed by atoms with Gasteiger partial charge in [0.25, 0.3) is 5.91 Å². The molecule has 0 bridgehead atoms. The van der Waals surface area contributed by atoms with E-state index >= 15 is 0 Å². The molecule has 2 aromatic carbocycles. The van der Waals surface area contributed by atoms with Gasteiger partial charge in [-0.05, 0) is 30.7 Å². The number of amides is 1. The summed E-state index contributed by atoms with van der Waals surface area (Å²) < 4.78 is 7.49. The zero-order valence-corrected chi connectivity index (χ0v) is 13.3. The average molecular weight is 319 g/mol. The van der Waals surface area contributed by atoms with Gasteiger partial charge in [0.2, 0.25) is 0 Å². The lowest BCUT2D eigenvalue weighted by atomic mass is 10.1. The smallest absolute Gasteiger partial charge is 0.265 e. The van der Waals surface area contributed by atoms with E-state index in [9.17, 15) is 4.79 Å². The molecule has 1 atom stereocenters. The van der Waals surface area contributed by atoms with E-state index in [1.807, 2.05) is 67.7 Å². The summed E-state index contributed by atoms with van der Waals surface area (Å²) in [6.45, 7) is 1.87. The first-order chi connectivity index (χ1) is 11.7. The van der Waals surface area contributed by atoms with Crippen molar-refractivity contribution in [3.63, 3.8) is 0 Å². The van der Waals surface area contributed by atoms with E-state index in [0.717, 1.165) is 22.7 Å². The molecule has 0 unspecified atom stereocenters. The van der Waals surface area contributed by atoms with E-state index in [0.29, 0.717) is 12.1 Å². The van der Waals surface area contributed by atoms with Gasteiger partial charge < -0.3 is 10.1 Å². The maximum atomic E-state index is 12.5. The number of hydrogen-bond donors (Lipinski definition) is 1. The molecule has 2 heterocycles. The van der Waals surface area contributed by atoms with E-state index in [2.05, 4.69) is 10.4 Å². The maximum absolute atomic E-state index is 12.5. The van der Waals surface area contributed by atoms with Gasteiger partial charge in [0, 0.05) is 6.42 Å². The van der Waals surface area contributed by atoms with Gasteiger partial charge in [-0.2, -0.15) is 5.10 Å². The molecule has 120 valence electrons. The highest BCUT2D eigenvalue weighted by Gasteiger charge is 2.29. The lowest BCUT2D eigenvalue weighted by Gasteiger charge is -2.10. The van der Waals surface area contributed by atoms with Crippen molar-refractivity contribution in [2.24, 2.45) is 0 Å². The Labute approximate surface area is 139 Å². The van der Waals surface area contributed by atoms with Crippen molar-refractivity contribution in [2.75, 3.05) is 5.32 Å². The molecule has 24 heavy (non-hydrogen) atoms. The van der Waals surface area contributed by atoms with Crippen molar-refractivity contribution < 1.29 is 9.53 Å². The Bertz CT molecular complexity index is 862. The molecule has 0 spiro atoms. The van der Waals surface area contributed by atoms with Crippen LogP contribution in [-0.4, -0.2) is 21.8 Å². The number of aryl methyl sites for hydroxylation is 1. The molecule has 0 fully saturated rings. The number of fused-ring (bicyclic) bond motifs is 1. The number of anilines is 1. The second-order valence-corrected chi connectivity index (χ2v) is 5.82. The van der Waals surface area contributed by atoms with Crippen LogP contribution < -0.4 is 10.1 Å². The van der Waals surface area contributed by atoms with Gasteiger partial charge in [0.1, 0.15) is 5.75 Å². The molecule has 5 heteroatoms. The molecule has 3 aromatic rings. The summed E-state index contributed by atoms with van der Waals surface area (Å²) in [6.07, 6.45) is 1.92. The van der Waals surface area contributed by atoms with Crippen LogP contribution in [0.4, 0.5) is 5.69 Å². The average Bonchev–Trinajstić information content (AvgIpc) is 3.20. The summed E-state index contributed by atoms with van der Waals surface area (Å²) in [5.74, 6) is 0.635. The number of hydrogen-bond acceptors (Lipinski definition) is 3. The monoisotopic (exact) mass is 319 g/mol. The Hall–Kier alpha value is -3.08. The van der Waals surface area contributed by atoms with Crippen LogP contribution in [0.15, 0.2) is 60.8 Å². The lowest BCUT2D eigenvalue weighted by Crippen LogP contribution is -2.31. The number of aromatic nitrogens is 2. The number of carbonyl (C=O) groups is 1. The van der Waals surface area contributed by atoms with Crippen LogP contribution in [0.5, 0.6) is 5.75 Å². The predicted octanol–water partition coefficient (Wildman–Crippen LogP) is 3.12. The molecule has 1 N–H and O–H groups in total. The number of carbonyl (C=O) groups excluding carboxylic acids is 1. The number of benzene rings is 2. The molecule has 0 saturated heterocycles. The minimum atomic E-state index is -0.498. The van der Waals surface area contributed by atoms with Crippen LogP contribution in [0.2, 0.25) is 0 Å². The fourth-order valence-electron chi connectivity index (χ4n) is 2.84. The SMILES string of the molecule is Cc1nn(-c2ccccc2)cc1NC(=O)[C@H]1Cc2ccccc2O1. The molecule has 4 rings (SSSR count). The second kappa shape index (κ2) is 5.85.